The van der Waals surface area contributed by atoms with Gasteiger partial charge in [-0.25, -0.2) is 9.97 Å². The molecule has 5 heteroatoms. The highest BCUT2D eigenvalue weighted by Crippen LogP contribution is 2.38. The van der Waals surface area contributed by atoms with Crippen molar-refractivity contribution in [2.75, 3.05) is 6.61 Å². The molecule has 0 atom stereocenters. The molecule has 0 bridgehead atoms. The van der Waals surface area contributed by atoms with Gasteiger partial charge < -0.3 is 14.5 Å². The van der Waals surface area contributed by atoms with Gasteiger partial charge >= 0.3 is 0 Å². The van der Waals surface area contributed by atoms with Crippen LogP contribution < -0.4 is 9.47 Å². The number of rotatable bonds is 7. The Kier molecular flexibility index (Phi) is 5.24. The quantitative estimate of drug-likeness (QED) is 0.493. The Hall–Kier alpha value is -3.34. The predicted octanol–water partition coefficient (Wildman–Crippen LogP) is 5.03. The summed E-state index contributed by atoms with van der Waals surface area (Å²) < 4.78 is 12.2. The summed E-state index contributed by atoms with van der Waals surface area (Å²) in [6.07, 6.45) is 2.60. The van der Waals surface area contributed by atoms with Gasteiger partial charge in [0.2, 0.25) is 0 Å². The predicted molar refractivity (Wildman–Crippen MR) is 111 cm³/mol. The van der Waals surface area contributed by atoms with Gasteiger partial charge in [-0.2, -0.15) is 0 Å². The molecule has 0 saturated carbocycles. The summed E-state index contributed by atoms with van der Waals surface area (Å²) in [6.45, 7) is 4.56. The molecule has 28 heavy (non-hydrogen) atoms. The molecule has 0 aliphatic carbocycles. The first-order chi connectivity index (χ1) is 13.7. The van der Waals surface area contributed by atoms with Gasteiger partial charge in [0.25, 0.3) is 0 Å². The van der Waals surface area contributed by atoms with Gasteiger partial charge in [0.1, 0.15) is 5.82 Å². The van der Waals surface area contributed by atoms with Crippen LogP contribution in [0.2, 0.25) is 0 Å². The average molecular weight is 373 g/mol. The molecule has 142 valence electrons. The number of aromatic amines is 1. The fourth-order valence-corrected chi connectivity index (χ4v) is 3.09. The molecule has 1 N–H and O–H groups in total. The number of fused-ring (bicyclic) bond motifs is 1. The van der Waals surface area contributed by atoms with Crippen molar-refractivity contribution in [1.82, 2.24) is 15.0 Å². The number of aromatic nitrogens is 3. The normalized spacial score (nSPS) is 11.1. The van der Waals surface area contributed by atoms with Gasteiger partial charge in [0, 0.05) is 12.6 Å². The van der Waals surface area contributed by atoms with Crippen molar-refractivity contribution < 1.29 is 9.47 Å². The van der Waals surface area contributed by atoms with Gasteiger partial charge in [-0.15, -0.1) is 0 Å². The average Bonchev–Trinajstić information content (AvgIpc) is 3.13. The second-order valence-corrected chi connectivity index (χ2v) is 6.84. The highest BCUT2D eigenvalue weighted by atomic mass is 16.5. The summed E-state index contributed by atoms with van der Waals surface area (Å²) in [4.78, 5) is 12.3. The molecular weight excluding hydrogens is 350 g/mol. The number of ether oxygens (including phenoxy) is 2. The number of nitrogens with one attached hydrogen (secondary N) is 1. The number of nitrogens with zero attached hydrogens (tertiary/aromatic N) is 2. The smallest absolute Gasteiger partial charge is 0.178 e. The summed E-state index contributed by atoms with van der Waals surface area (Å²) in [6, 6.07) is 20.0. The van der Waals surface area contributed by atoms with E-state index in [0.717, 1.165) is 23.3 Å². The topological polar surface area (TPSA) is 60.0 Å². The monoisotopic (exact) mass is 373 g/mol. The van der Waals surface area contributed by atoms with Crippen LogP contribution in [-0.4, -0.2) is 27.7 Å². The van der Waals surface area contributed by atoms with E-state index in [1.165, 1.54) is 5.56 Å². The number of hydrogen-bond donors (Lipinski definition) is 1. The molecule has 4 aromatic rings. The highest BCUT2D eigenvalue weighted by molar-refractivity contribution is 5.78. The molecule has 4 rings (SSSR count). The zero-order valence-electron chi connectivity index (χ0n) is 16.1. The lowest BCUT2D eigenvalue weighted by Gasteiger charge is -2.17. The second kappa shape index (κ2) is 8.13. The maximum absolute atomic E-state index is 6.22. The SMILES string of the molecule is CC(C)Oc1cccc(-c2nc3ncccc3[nH]2)c1OCCc1ccccc1. The van der Waals surface area contributed by atoms with E-state index in [1.807, 2.05) is 62.4 Å². The van der Waals surface area contributed by atoms with Crippen molar-refractivity contribution in [3.05, 3.63) is 72.4 Å². The van der Waals surface area contributed by atoms with Gasteiger partial charge in [-0.1, -0.05) is 36.4 Å². The van der Waals surface area contributed by atoms with E-state index >= 15 is 0 Å². The minimum atomic E-state index is 0.0454. The summed E-state index contributed by atoms with van der Waals surface area (Å²) in [5.41, 5.74) is 3.68. The number of benzene rings is 2. The maximum Gasteiger partial charge on any atom is 0.178 e. The number of para-hydroxylation sites is 1. The Labute approximate surface area is 164 Å². The van der Waals surface area contributed by atoms with Crippen LogP contribution in [0.4, 0.5) is 0 Å². The van der Waals surface area contributed by atoms with E-state index in [4.69, 9.17) is 9.47 Å². The molecule has 0 radical (unpaired) electrons. The molecule has 0 saturated heterocycles. The molecule has 2 aromatic carbocycles. The van der Waals surface area contributed by atoms with Crippen molar-refractivity contribution in [3.8, 4) is 22.9 Å². The Morgan fingerprint density at radius 2 is 1.82 bits per heavy atom. The first-order valence-electron chi connectivity index (χ1n) is 9.48. The van der Waals surface area contributed by atoms with Crippen molar-refractivity contribution in [3.63, 3.8) is 0 Å². The van der Waals surface area contributed by atoms with E-state index in [2.05, 4.69) is 27.1 Å². The maximum atomic E-state index is 6.22. The molecular formula is C23H23N3O2. The zero-order valence-corrected chi connectivity index (χ0v) is 16.1. The van der Waals surface area contributed by atoms with Crippen molar-refractivity contribution >= 4 is 11.2 Å². The van der Waals surface area contributed by atoms with Crippen LogP contribution >= 0.6 is 0 Å². The van der Waals surface area contributed by atoms with Gasteiger partial charge in [-0.3, -0.25) is 0 Å². The number of imidazole rings is 1. The van der Waals surface area contributed by atoms with Crippen LogP contribution in [0.3, 0.4) is 0 Å². The van der Waals surface area contributed by atoms with Crippen LogP contribution in [0, 0.1) is 0 Å². The lowest BCUT2D eigenvalue weighted by Crippen LogP contribution is -2.09. The molecule has 0 spiro atoms. The third-order valence-electron chi connectivity index (χ3n) is 4.33. The largest absolute Gasteiger partial charge is 0.489 e. The number of hydrogen-bond acceptors (Lipinski definition) is 4. The molecule has 5 nitrogen and oxygen atoms in total. The molecule has 0 unspecified atom stereocenters. The lowest BCUT2D eigenvalue weighted by atomic mass is 10.1. The summed E-state index contributed by atoms with van der Waals surface area (Å²) >= 11 is 0. The summed E-state index contributed by atoms with van der Waals surface area (Å²) in [5.74, 6) is 2.14. The third-order valence-corrected chi connectivity index (χ3v) is 4.33. The Morgan fingerprint density at radius 1 is 0.964 bits per heavy atom. The van der Waals surface area contributed by atoms with E-state index in [-0.39, 0.29) is 6.10 Å². The summed E-state index contributed by atoms with van der Waals surface area (Å²) in [5, 5.41) is 0. The van der Waals surface area contributed by atoms with E-state index < -0.39 is 0 Å². The van der Waals surface area contributed by atoms with Crippen molar-refractivity contribution in [1.29, 1.82) is 0 Å². The minimum absolute atomic E-state index is 0.0454. The number of H-pyrrole nitrogens is 1. The van der Waals surface area contributed by atoms with Crippen molar-refractivity contribution in [2.24, 2.45) is 0 Å². The lowest BCUT2D eigenvalue weighted by molar-refractivity contribution is 0.222. The zero-order chi connectivity index (χ0) is 19.3. The Balaban J connectivity index is 1.66. The third kappa shape index (κ3) is 3.98. The number of pyridine rings is 1. The van der Waals surface area contributed by atoms with Crippen LogP contribution in [0.25, 0.3) is 22.6 Å². The summed E-state index contributed by atoms with van der Waals surface area (Å²) in [7, 11) is 0. The Morgan fingerprint density at radius 3 is 2.61 bits per heavy atom. The molecule has 2 aromatic heterocycles. The minimum Gasteiger partial charge on any atom is -0.489 e. The van der Waals surface area contributed by atoms with Gasteiger partial charge in [-0.05, 0) is 43.7 Å². The van der Waals surface area contributed by atoms with Gasteiger partial charge in [0.05, 0.1) is 23.8 Å². The first-order valence-corrected chi connectivity index (χ1v) is 9.48. The van der Waals surface area contributed by atoms with Crippen LogP contribution in [0.5, 0.6) is 11.5 Å². The van der Waals surface area contributed by atoms with Crippen LogP contribution in [0.15, 0.2) is 66.9 Å². The van der Waals surface area contributed by atoms with Crippen molar-refractivity contribution in [2.45, 2.75) is 26.4 Å². The molecule has 0 fully saturated rings. The van der Waals surface area contributed by atoms with E-state index in [0.29, 0.717) is 23.8 Å². The van der Waals surface area contributed by atoms with E-state index in [9.17, 15) is 0 Å². The molecule has 0 amide bonds. The molecule has 0 aliphatic heterocycles. The fraction of sp³-hybridized carbons (Fsp3) is 0.217. The molecule has 2 heterocycles. The second-order valence-electron chi connectivity index (χ2n) is 6.84. The highest BCUT2D eigenvalue weighted by Gasteiger charge is 2.17. The van der Waals surface area contributed by atoms with Crippen LogP contribution in [-0.2, 0) is 6.42 Å². The first kappa shape index (κ1) is 18.0. The Bertz CT molecular complexity index is 1020. The van der Waals surface area contributed by atoms with Gasteiger partial charge in [0.15, 0.2) is 17.1 Å². The van der Waals surface area contributed by atoms with Crippen LogP contribution in [0.1, 0.15) is 19.4 Å². The standard InChI is InChI=1S/C23H23N3O2/c1-16(2)28-20-12-6-10-18(22-25-19-11-7-14-24-23(19)26-22)21(20)27-15-13-17-8-4-3-5-9-17/h3-12,14,16H,13,15H2,1-2H3,(H,24,25,26). The fourth-order valence-electron chi connectivity index (χ4n) is 3.09. The van der Waals surface area contributed by atoms with E-state index in [1.54, 1.807) is 6.20 Å². The molecule has 0 aliphatic rings.